The highest BCUT2D eigenvalue weighted by molar-refractivity contribution is 5.92. The molecule has 0 aliphatic heterocycles. The highest BCUT2D eigenvalue weighted by Crippen LogP contribution is 2.67. The van der Waals surface area contributed by atoms with E-state index in [2.05, 4.69) is 274 Å². The summed E-state index contributed by atoms with van der Waals surface area (Å²) in [7, 11) is 0. The van der Waals surface area contributed by atoms with Gasteiger partial charge in [0.25, 0.3) is 0 Å². The van der Waals surface area contributed by atoms with Crippen LogP contribution in [0.15, 0.2) is 260 Å². The van der Waals surface area contributed by atoms with Gasteiger partial charge in [0.15, 0.2) is 0 Å². The molecule has 1 nitrogen and oxygen atoms in total. The standard InChI is InChI=1S/C71H55N/c1-69(2)62-28-14-12-25-58(62)60-46-45-57(47-67(60)69)72(55-41-37-51(38-42-55)50-35-33-49(34-36-50)48-19-6-3-7-20-48)56-43-39-54(40-44-56)70(52-21-8-4-9-22-52)64-30-16-17-31-65(64)71(53-23-10-5-11-24-53)63-29-15-13-26-59(63)61-27-18-32-66(70)68(61)71/h3-10,12-21,23,25-47,52H,11,22,24H2,1-2H3. The van der Waals surface area contributed by atoms with Crippen LogP contribution in [0.4, 0.5) is 17.1 Å². The van der Waals surface area contributed by atoms with Crippen molar-refractivity contribution in [1.82, 2.24) is 0 Å². The molecule has 0 saturated carbocycles. The third-order valence-electron chi connectivity index (χ3n) is 17.1. The van der Waals surface area contributed by atoms with Gasteiger partial charge in [-0.2, -0.15) is 0 Å². The van der Waals surface area contributed by atoms with Crippen LogP contribution in [0.1, 0.15) is 77.6 Å². The van der Waals surface area contributed by atoms with Gasteiger partial charge in [0, 0.05) is 22.5 Å². The van der Waals surface area contributed by atoms with Crippen LogP contribution in [0.5, 0.6) is 0 Å². The lowest BCUT2D eigenvalue weighted by Crippen LogP contribution is -2.47. The normalized spacial score (nSPS) is 20.2. The van der Waals surface area contributed by atoms with E-state index in [0.29, 0.717) is 0 Å². The maximum Gasteiger partial charge on any atom is 0.0682 e. The number of hydrogen-bond donors (Lipinski definition) is 0. The van der Waals surface area contributed by atoms with Gasteiger partial charge in [0.05, 0.1) is 10.8 Å². The minimum atomic E-state index is -0.468. The van der Waals surface area contributed by atoms with Crippen molar-refractivity contribution in [2.75, 3.05) is 4.90 Å². The molecule has 0 radical (unpaired) electrons. The molecule has 0 fully saturated rings. The predicted molar refractivity (Wildman–Crippen MR) is 300 cm³/mol. The second-order valence-corrected chi connectivity index (χ2v) is 21.0. The van der Waals surface area contributed by atoms with Crippen molar-refractivity contribution in [2.24, 2.45) is 5.92 Å². The van der Waals surface area contributed by atoms with Crippen molar-refractivity contribution in [3.63, 3.8) is 0 Å². The average molecular weight is 922 g/mol. The van der Waals surface area contributed by atoms with Crippen molar-refractivity contribution >= 4 is 17.1 Å². The van der Waals surface area contributed by atoms with Gasteiger partial charge in [-0.1, -0.05) is 238 Å². The first-order valence-electron chi connectivity index (χ1n) is 25.9. The molecular formula is C71H55N. The zero-order valence-electron chi connectivity index (χ0n) is 40.9. The zero-order valence-corrected chi connectivity index (χ0v) is 40.9. The summed E-state index contributed by atoms with van der Waals surface area (Å²) in [5.74, 6) is 0.189. The van der Waals surface area contributed by atoms with Gasteiger partial charge in [0.2, 0.25) is 0 Å². The van der Waals surface area contributed by atoms with Crippen LogP contribution in [-0.4, -0.2) is 0 Å². The lowest BCUT2D eigenvalue weighted by molar-refractivity contribution is 0.421. The van der Waals surface area contributed by atoms with E-state index in [1.54, 1.807) is 0 Å². The molecule has 0 aromatic heterocycles. The van der Waals surface area contributed by atoms with Crippen LogP contribution in [0.3, 0.4) is 0 Å². The lowest BCUT2D eigenvalue weighted by atomic mass is 9.49. The van der Waals surface area contributed by atoms with E-state index >= 15 is 0 Å². The fourth-order valence-electron chi connectivity index (χ4n) is 14.0. The van der Waals surface area contributed by atoms with E-state index < -0.39 is 5.41 Å². The van der Waals surface area contributed by atoms with Crippen LogP contribution >= 0.6 is 0 Å². The van der Waals surface area contributed by atoms with E-state index in [-0.39, 0.29) is 16.7 Å². The number of allylic oxidation sites excluding steroid dienone is 8. The molecule has 9 aromatic carbocycles. The Morgan fingerprint density at radius 3 is 1.65 bits per heavy atom. The van der Waals surface area contributed by atoms with Gasteiger partial charge in [-0.3, -0.25) is 0 Å². The lowest BCUT2D eigenvalue weighted by Gasteiger charge is -2.52. The van der Waals surface area contributed by atoms with Crippen molar-refractivity contribution in [3.8, 4) is 44.5 Å². The molecule has 0 heterocycles. The van der Waals surface area contributed by atoms with Crippen molar-refractivity contribution in [3.05, 3.63) is 305 Å². The summed E-state index contributed by atoms with van der Waals surface area (Å²) in [6, 6.07) is 80.6. The molecule has 5 aliphatic carbocycles. The Bertz CT molecular complexity index is 3730. The minimum Gasteiger partial charge on any atom is -0.310 e. The molecule has 3 unspecified atom stereocenters. The van der Waals surface area contributed by atoms with Gasteiger partial charge in [-0.25, -0.2) is 0 Å². The van der Waals surface area contributed by atoms with E-state index in [1.165, 1.54) is 94.6 Å². The van der Waals surface area contributed by atoms with Gasteiger partial charge < -0.3 is 4.90 Å². The van der Waals surface area contributed by atoms with E-state index in [0.717, 1.165) is 36.3 Å². The Hall–Kier alpha value is -8.26. The second-order valence-electron chi connectivity index (χ2n) is 21.0. The maximum atomic E-state index is 2.50. The first kappa shape index (κ1) is 42.6. The minimum absolute atomic E-state index is 0.134. The third-order valence-corrected chi connectivity index (χ3v) is 17.1. The number of hydrogen-bond acceptors (Lipinski definition) is 1. The fraction of sp³-hybridized carbons (Fsp3) is 0.127. The van der Waals surface area contributed by atoms with Gasteiger partial charge in [-0.05, 0) is 151 Å². The van der Waals surface area contributed by atoms with Crippen molar-refractivity contribution in [2.45, 2.75) is 49.4 Å². The van der Waals surface area contributed by atoms with Gasteiger partial charge in [-0.15, -0.1) is 0 Å². The molecule has 5 aliphatic rings. The molecule has 0 amide bonds. The molecule has 344 valence electrons. The fourth-order valence-corrected chi connectivity index (χ4v) is 14.0. The summed E-state index contributed by atoms with van der Waals surface area (Å²) >= 11 is 0. The van der Waals surface area contributed by atoms with E-state index in [9.17, 15) is 0 Å². The van der Waals surface area contributed by atoms with Gasteiger partial charge in [0.1, 0.15) is 0 Å². The molecule has 0 bridgehead atoms. The smallest absolute Gasteiger partial charge is 0.0682 e. The molecule has 0 saturated heterocycles. The number of benzene rings is 9. The van der Waals surface area contributed by atoms with Crippen LogP contribution in [0, 0.1) is 5.92 Å². The molecule has 9 aromatic rings. The Morgan fingerprint density at radius 2 is 0.972 bits per heavy atom. The monoisotopic (exact) mass is 921 g/mol. The Morgan fingerprint density at radius 1 is 0.417 bits per heavy atom. The van der Waals surface area contributed by atoms with Crippen LogP contribution in [0.2, 0.25) is 0 Å². The van der Waals surface area contributed by atoms with E-state index in [4.69, 9.17) is 0 Å². The molecule has 1 heteroatoms. The molecule has 14 rings (SSSR count). The summed E-state index contributed by atoms with van der Waals surface area (Å²) in [5.41, 5.74) is 25.3. The molecule has 72 heavy (non-hydrogen) atoms. The topological polar surface area (TPSA) is 3.24 Å². The summed E-state index contributed by atoms with van der Waals surface area (Å²) in [4.78, 5) is 2.47. The first-order valence-corrected chi connectivity index (χ1v) is 25.9. The third kappa shape index (κ3) is 6.07. The number of anilines is 3. The van der Waals surface area contributed by atoms with Crippen LogP contribution in [-0.2, 0) is 16.2 Å². The highest BCUT2D eigenvalue weighted by atomic mass is 15.1. The molecule has 0 N–H and O–H groups in total. The number of fused-ring (bicyclic) bond motifs is 8. The largest absolute Gasteiger partial charge is 0.310 e. The van der Waals surface area contributed by atoms with Crippen molar-refractivity contribution in [1.29, 1.82) is 0 Å². The van der Waals surface area contributed by atoms with Crippen molar-refractivity contribution < 1.29 is 0 Å². The second kappa shape index (κ2) is 16.4. The zero-order chi connectivity index (χ0) is 48.0. The quantitative estimate of drug-likeness (QED) is 0.147. The number of rotatable bonds is 8. The molecule has 0 spiro atoms. The molecular weight excluding hydrogens is 867 g/mol. The highest BCUT2D eigenvalue weighted by Gasteiger charge is 2.59. The molecule has 3 atom stereocenters. The Kier molecular flexibility index (Phi) is 9.71. The van der Waals surface area contributed by atoms with Crippen LogP contribution in [0.25, 0.3) is 44.5 Å². The summed E-state index contributed by atoms with van der Waals surface area (Å²) in [6.07, 6.45) is 19.5. The number of nitrogens with zero attached hydrogens (tertiary/aromatic N) is 1. The van der Waals surface area contributed by atoms with E-state index in [1.807, 2.05) is 0 Å². The Labute approximate surface area is 424 Å². The predicted octanol–water partition coefficient (Wildman–Crippen LogP) is 18.2. The summed E-state index contributed by atoms with van der Waals surface area (Å²) < 4.78 is 0. The average Bonchev–Trinajstić information content (AvgIpc) is 3.89. The van der Waals surface area contributed by atoms with Gasteiger partial charge >= 0.3 is 0 Å². The SMILES string of the molecule is CC1(C)c2ccccc2-c2ccc(N(c3ccc(-c4ccc(-c5ccccc5)cc4)cc3)c3ccc(C4(C5C=CC=CC5)c5ccccc5C5(C6=CC=CCC6)c6ccccc6-c6cccc4c65)cc3)cc21. The Balaban J connectivity index is 0.944. The first-order chi connectivity index (χ1) is 35.5. The van der Waals surface area contributed by atoms with Crippen LogP contribution < -0.4 is 4.90 Å². The maximum absolute atomic E-state index is 2.50. The summed E-state index contributed by atoms with van der Waals surface area (Å²) in [6.45, 7) is 4.76. The summed E-state index contributed by atoms with van der Waals surface area (Å²) in [5, 5.41) is 0.